The number of carbonyl (C=O) groups is 4. The van der Waals surface area contributed by atoms with Crippen molar-refractivity contribution in [1.82, 2.24) is 0 Å². The van der Waals surface area contributed by atoms with Crippen molar-refractivity contribution in [2.24, 2.45) is 5.41 Å². The summed E-state index contributed by atoms with van der Waals surface area (Å²) in [5, 5.41) is 26.8. The first-order valence-electron chi connectivity index (χ1n) is 12.8. The molecule has 13 heteroatoms. The van der Waals surface area contributed by atoms with Gasteiger partial charge in [-0.25, -0.2) is 4.79 Å². The quantitative estimate of drug-likeness (QED) is 0.123. The predicted octanol–water partition coefficient (Wildman–Crippen LogP) is 3.24. The van der Waals surface area contributed by atoms with Gasteiger partial charge in [0.25, 0.3) is 0 Å². The third kappa shape index (κ3) is 17.0. The second-order valence-corrected chi connectivity index (χ2v) is 13.4. The number of esters is 2. The lowest BCUT2D eigenvalue weighted by Gasteiger charge is -2.35. The number of aliphatic hydroxyl groups is 1. The average molecular weight is 599 g/mol. The molecule has 0 amide bonds. The van der Waals surface area contributed by atoms with E-state index in [1.807, 2.05) is 0 Å². The summed E-state index contributed by atoms with van der Waals surface area (Å²) in [6.07, 6.45) is 0.0508. The lowest BCUT2D eigenvalue weighted by atomic mass is 9.93. The molecule has 0 spiro atoms. The summed E-state index contributed by atoms with van der Waals surface area (Å²) in [5.74, 6) is -2.03. The second-order valence-electron chi connectivity index (χ2n) is 10.8. The molecule has 39 heavy (non-hydrogen) atoms. The summed E-state index contributed by atoms with van der Waals surface area (Å²) in [4.78, 5) is 47.8. The monoisotopic (exact) mass is 598 g/mol. The Bertz CT molecular complexity index is 786. The number of aliphatic carboxylic acids is 2. The molecule has 0 aliphatic rings. The molecule has 0 aliphatic heterocycles. The third-order valence-corrected chi connectivity index (χ3v) is 7.88. The van der Waals surface area contributed by atoms with E-state index in [9.17, 15) is 24.3 Å². The first-order chi connectivity index (χ1) is 17.9. The topological polar surface area (TPSA) is 166 Å². The van der Waals surface area contributed by atoms with Gasteiger partial charge in [-0.15, -0.1) is 0 Å². The molecule has 0 rings (SSSR count). The SMILES string of the molecule is CC(C)OCC(C)(COC(=O)C(C)(C)OC(C)(C)CCO)C(=O)OCC(CSCCC(=O)O)SCCC(=O)O. The molecule has 0 heterocycles. The minimum Gasteiger partial charge on any atom is -0.481 e. The van der Waals surface area contributed by atoms with Gasteiger partial charge in [0.15, 0.2) is 5.60 Å². The number of carboxylic acids is 2. The molecule has 0 aliphatic carbocycles. The Balaban J connectivity index is 5.37. The van der Waals surface area contributed by atoms with E-state index >= 15 is 0 Å². The highest BCUT2D eigenvalue weighted by Gasteiger charge is 2.42. The molecular formula is C26H46O11S2. The van der Waals surface area contributed by atoms with Crippen LogP contribution in [0.5, 0.6) is 0 Å². The smallest absolute Gasteiger partial charge is 0.337 e. The van der Waals surface area contributed by atoms with Gasteiger partial charge in [-0.2, -0.15) is 23.5 Å². The molecule has 0 aromatic rings. The van der Waals surface area contributed by atoms with Gasteiger partial charge in [-0.1, -0.05) is 0 Å². The molecule has 2 unspecified atom stereocenters. The number of carboxylic acid groups (broad SMARTS) is 2. The van der Waals surface area contributed by atoms with Crippen molar-refractivity contribution in [2.75, 3.05) is 43.7 Å². The van der Waals surface area contributed by atoms with Gasteiger partial charge >= 0.3 is 23.9 Å². The Labute approximate surface area is 240 Å². The van der Waals surface area contributed by atoms with Crippen molar-refractivity contribution in [2.45, 2.75) is 90.3 Å². The molecule has 0 bridgehead atoms. The highest BCUT2D eigenvalue weighted by atomic mass is 32.2. The summed E-state index contributed by atoms with van der Waals surface area (Å²) in [6.45, 7) is 11.3. The highest BCUT2D eigenvalue weighted by molar-refractivity contribution is 8.03. The lowest BCUT2D eigenvalue weighted by molar-refractivity contribution is -0.194. The number of aliphatic hydroxyl groups excluding tert-OH is 1. The largest absolute Gasteiger partial charge is 0.481 e. The average Bonchev–Trinajstić information content (AvgIpc) is 2.80. The van der Waals surface area contributed by atoms with Gasteiger partial charge in [0.1, 0.15) is 18.6 Å². The van der Waals surface area contributed by atoms with Crippen LogP contribution in [0, 0.1) is 5.41 Å². The Morgan fingerprint density at radius 1 is 0.846 bits per heavy atom. The Hall–Kier alpha value is -1.54. The van der Waals surface area contributed by atoms with E-state index in [1.165, 1.54) is 23.5 Å². The van der Waals surface area contributed by atoms with E-state index in [4.69, 9.17) is 29.2 Å². The zero-order valence-electron chi connectivity index (χ0n) is 24.1. The number of hydrogen-bond acceptors (Lipinski definition) is 11. The Morgan fingerprint density at radius 3 is 1.97 bits per heavy atom. The van der Waals surface area contributed by atoms with Gasteiger partial charge in [-0.05, 0) is 54.9 Å². The number of ether oxygens (including phenoxy) is 4. The van der Waals surface area contributed by atoms with Gasteiger partial charge in [-0.3, -0.25) is 14.4 Å². The summed E-state index contributed by atoms with van der Waals surface area (Å²) in [5.41, 5.74) is -3.46. The van der Waals surface area contributed by atoms with Crippen LogP contribution in [0.15, 0.2) is 0 Å². The van der Waals surface area contributed by atoms with Crippen LogP contribution in [-0.2, 0) is 38.1 Å². The van der Waals surface area contributed by atoms with E-state index in [-0.39, 0.29) is 50.6 Å². The number of carbonyl (C=O) groups excluding carboxylic acids is 2. The first-order valence-corrected chi connectivity index (χ1v) is 15.0. The van der Waals surface area contributed by atoms with Crippen molar-refractivity contribution in [3.05, 3.63) is 0 Å². The lowest BCUT2D eigenvalue weighted by Crippen LogP contribution is -2.47. The molecule has 0 fully saturated rings. The van der Waals surface area contributed by atoms with Crippen LogP contribution in [-0.4, -0.2) is 105 Å². The zero-order valence-corrected chi connectivity index (χ0v) is 25.8. The van der Waals surface area contributed by atoms with Crippen LogP contribution in [0.1, 0.15) is 67.7 Å². The van der Waals surface area contributed by atoms with Crippen LogP contribution in [0.3, 0.4) is 0 Å². The van der Waals surface area contributed by atoms with Gasteiger partial charge < -0.3 is 34.3 Å². The van der Waals surface area contributed by atoms with E-state index in [0.717, 1.165) is 0 Å². The predicted molar refractivity (Wildman–Crippen MR) is 150 cm³/mol. The first kappa shape index (κ1) is 37.5. The molecule has 3 N–H and O–H groups in total. The summed E-state index contributed by atoms with van der Waals surface area (Å²) in [7, 11) is 0. The van der Waals surface area contributed by atoms with E-state index in [1.54, 1.807) is 48.5 Å². The molecule has 0 saturated carbocycles. The third-order valence-electron chi connectivity index (χ3n) is 5.32. The minimum atomic E-state index is -1.35. The van der Waals surface area contributed by atoms with Gasteiger partial charge in [0.2, 0.25) is 0 Å². The van der Waals surface area contributed by atoms with E-state index < -0.39 is 40.5 Å². The molecule has 2 atom stereocenters. The molecule has 0 saturated heterocycles. The maximum atomic E-state index is 13.2. The van der Waals surface area contributed by atoms with Crippen molar-refractivity contribution in [1.29, 1.82) is 0 Å². The summed E-state index contributed by atoms with van der Waals surface area (Å²) >= 11 is 2.72. The fourth-order valence-electron chi connectivity index (χ4n) is 3.14. The fraction of sp³-hybridized carbons (Fsp3) is 0.846. The van der Waals surface area contributed by atoms with Gasteiger partial charge in [0.05, 0.1) is 31.2 Å². The van der Waals surface area contributed by atoms with Crippen LogP contribution >= 0.6 is 23.5 Å². The zero-order chi connectivity index (χ0) is 30.3. The molecule has 0 aromatic heterocycles. The number of hydrogen-bond donors (Lipinski definition) is 3. The molecule has 0 radical (unpaired) electrons. The number of thioether (sulfide) groups is 2. The minimum absolute atomic E-state index is 0.00973. The maximum absolute atomic E-state index is 13.2. The highest BCUT2D eigenvalue weighted by Crippen LogP contribution is 2.27. The Morgan fingerprint density at radius 2 is 1.44 bits per heavy atom. The second kappa shape index (κ2) is 18.0. The Kier molecular flexibility index (Phi) is 17.3. The van der Waals surface area contributed by atoms with Crippen molar-refractivity contribution < 1.29 is 53.4 Å². The van der Waals surface area contributed by atoms with Crippen LogP contribution in [0.4, 0.5) is 0 Å². The normalized spacial score (nSPS) is 14.5. The van der Waals surface area contributed by atoms with Crippen molar-refractivity contribution in [3.8, 4) is 0 Å². The molecule has 0 aromatic carbocycles. The standard InChI is InChI=1S/C26H46O11S2/c1-18(2)35-16-26(7,17-36-22(32)25(5,6)37-24(3,4)10-11-27)23(33)34-14-19(39-13-9-21(30)31)15-38-12-8-20(28)29/h18-19,27H,8-17H2,1-7H3,(H,28,29)(H,30,31). The van der Waals surface area contributed by atoms with Gasteiger partial charge in [0, 0.05) is 29.1 Å². The van der Waals surface area contributed by atoms with E-state index in [0.29, 0.717) is 23.7 Å². The van der Waals surface area contributed by atoms with E-state index in [2.05, 4.69) is 0 Å². The molecule has 228 valence electrons. The van der Waals surface area contributed by atoms with Crippen molar-refractivity contribution in [3.63, 3.8) is 0 Å². The fourth-order valence-corrected chi connectivity index (χ4v) is 5.44. The van der Waals surface area contributed by atoms with Crippen LogP contribution in [0.25, 0.3) is 0 Å². The van der Waals surface area contributed by atoms with Crippen molar-refractivity contribution >= 4 is 47.4 Å². The molecular weight excluding hydrogens is 552 g/mol. The summed E-state index contributed by atoms with van der Waals surface area (Å²) < 4.78 is 22.7. The maximum Gasteiger partial charge on any atom is 0.337 e. The number of rotatable bonds is 22. The summed E-state index contributed by atoms with van der Waals surface area (Å²) in [6, 6.07) is 0. The molecule has 11 nitrogen and oxygen atoms in total. The van der Waals surface area contributed by atoms with Crippen LogP contribution < -0.4 is 0 Å². The van der Waals surface area contributed by atoms with Crippen LogP contribution in [0.2, 0.25) is 0 Å².